The smallest absolute Gasteiger partial charge is 0.0991 e. The van der Waals surface area contributed by atoms with E-state index >= 15 is 0 Å². The third-order valence-corrected chi connectivity index (χ3v) is 3.38. The quantitative estimate of drug-likeness (QED) is 0.863. The molecule has 17 heavy (non-hydrogen) atoms. The average molecular weight is 229 g/mol. The SMILES string of the molecule is CCN(c1ccc(C#N)cc1)C1CCCNC1. The summed E-state index contributed by atoms with van der Waals surface area (Å²) in [4.78, 5) is 2.42. The van der Waals surface area contributed by atoms with Gasteiger partial charge in [-0.2, -0.15) is 5.26 Å². The van der Waals surface area contributed by atoms with Crippen molar-refractivity contribution in [3.63, 3.8) is 0 Å². The van der Waals surface area contributed by atoms with Crippen LogP contribution in [0.3, 0.4) is 0 Å². The molecule has 1 fully saturated rings. The van der Waals surface area contributed by atoms with Crippen LogP contribution in [0.4, 0.5) is 5.69 Å². The molecule has 0 aromatic heterocycles. The number of benzene rings is 1. The van der Waals surface area contributed by atoms with Crippen molar-refractivity contribution in [2.75, 3.05) is 24.5 Å². The van der Waals surface area contributed by atoms with E-state index in [0.29, 0.717) is 6.04 Å². The van der Waals surface area contributed by atoms with E-state index in [-0.39, 0.29) is 0 Å². The fourth-order valence-electron chi connectivity index (χ4n) is 2.48. The van der Waals surface area contributed by atoms with Crippen LogP contribution in [-0.2, 0) is 0 Å². The zero-order valence-corrected chi connectivity index (χ0v) is 10.3. The van der Waals surface area contributed by atoms with E-state index in [0.717, 1.165) is 25.2 Å². The normalized spacial score (nSPS) is 19.6. The second kappa shape index (κ2) is 5.70. The van der Waals surface area contributed by atoms with Gasteiger partial charge in [0.25, 0.3) is 0 Å². The van der Waals surface area contributed by atoms with E-state index < -0.39 is 0 Å². The van der Waals surface area contributed by atoms with Crippen molar-refractivity contribution in [1.29, 1.82) is 5.26 Å². The molecular weight excluding hydrogens is 210 g/mol. The number of hydrogen-bond acceptors (Lipinski definition) is 3. The third kappa shape index (κ3) is 2.78. The molecule has 90 valence electrons. The van der Waals surface area contributed by atoms with Crippen LogP contribution < -0.4 is 10.2 Å². The fourth-order valence-corrected chi connectivity index (χ4v) is 2.48. The molecule has 0 aliphatic carbocycles. The van der Waals surface area contributed by atoms with Gasteiger partial charge >= 0.3 is 0 Å². The van der Waals surface area contributed by atoms with Gasteiger partial charge in [-0.15, -0.1) is 0 Å². The third-order valence-electron chi connectivity index (χ3n) is 3.38. The molecule has 1 N–H and O–H groups in total. The van der Waals surface area contributed by atoms with E-state index in [2.05, 4.69) is 35.3 Å². The topological polar surface area (TPSA) is 39.1 Å². The molecule has 0 radical (unpaired) electrons. The van der Waals surface area contributed by atoms with Crippen molar-refractivity contribution >= 4 is 5.69 Å². The van der Waals surface area contributed by atoms with Crippen molar-refractivity contribution < 1.29 is 0 Å². The summed E-state index contributed by atoms with van der Waals surface area (Å²) in [5, 5.41) is 12.2. The Morgan fingerprint density at radius 1 is 1.41 bits per heavy atom. The number of nitrogens with zero attached hydrogens (tertiary/aromatic N) is 2. The molecule has 2 rings (SSSR count). The number of likely N-dealkylation sites (N-methyl/N-ethyl adjacent to an activating group) is 1. The Morgan fingerprint density at radius 3 is 2.71 bits per heavy atom. The number of nitrogens with one attached hydrogen (secondary N) is 1. The van der Waals surface area contributed by atoms with Crippen LogP contribution in [0.5, 0.6) is 0 Å². The van der Waals surface area contributed by atoms with Gasteiger partial charge in [-0.3, -0.25) is 0 Å². The molecule has 1 saturated heterocycles. The van der Waals surface area contributed by atoms with Gasteiger partial charge in [-0.05, 0) is 50.6 Å². The number of anilines is 1. The average Bonchev–Trinajstić information content (AvgIpc) is 2.42. The maximum absolute atomic E-state index is 8.80. The molecule has 3 nitrogen and oxygen atoms in total. The van der Waals surface area contributed by atoms with Crippen LogP contribution >= 0.6 is 0 Å². The zero-order chi connectivity index (χ0) is 12.1. The highest BCUT2D eigenvalue weighted by Crippen LogP contribution is 2.20. The molecule has 1 aromatic rings. The fraction of sp³-hybridized carbons (Fsp3) is 0.500. The first-order valence-electron chi connectivity index (χ1n) is 6.32. The summed E-state index contributed by atoms with van der Waals surface area (Å²) in [7, 11) is 0. The van der Waals surface area contributed by atoms with Gasteiger partial charge < -0.3 is 10.2 Å². The van der Waals surface area contributed by atoms with Crippen LogP contribution in [0.15, 0.2) is 24.3 Å². The highest BCUT2D eigenvalue weighted by atomic mass is 15.2. The predicted octanol–water partition coefficient (Wildman–Crippen LogP) is 2.14. The van der Waals surface area contributed by atoms with Crippen molar-refractivity contribution in [3.05, 3.63) is 29.8 Å². The summed E-state index contributed by atoms with van der Waals surface area (Å²) in [5.41, 5.74) is 1.95. The van der Waals surface area contributed by atoms with Crippen LogP contribution in [0.2, 0.25) is 0 Å². The van der Waals surface area contributed by atoms with Gasteiger partial charge in [0.15, 0.2) is 0 Å². The Morgan fingerprint density at radius 2 is 2.18 bits per heavy atom. The molecular formula is C14H19N3. The molecule has 0 spiro atoms. The Labute approximate surface area is 103 Å². The van der Waals surface area contributed by atoms with Gasteiger partial charge in [0.05, 0.1) is 11.6 Å². The molecule has 0 amide bonds. The zero-order valence-electron chi connectivity index (χ0n) is 10.3. The molecule has 1 heterocycles. The molecule has 3 heteroatoms. The summed E-state index contributed by atoms with van der Waals surface area (Å²) in [5.74, 6) is 0. The minimum atomic E-state index is 0.585. The number of hydrogen-bond donors (Lipinski definition) is 1. The van der Waals surface area contributed by atoms with Gasteiger partial charge in [-0.25, -0.2) is 0 Å². The standard InChI is InChI=1S/C14H19N3/c1-2-17(14-4-3-9-16-11-14)13-7-5-12(10-15)6-8-13/h5-8,14,16H,2-4,9,11H2,1H3. The molecule has 1 atom stereocenters. The van der Waals surface area contributed by atoms with E-state index in [1.165, 1.54) is 18.5 Å². The lowest BCUT2D eigenvalue weighted by Crippen LogP contribution is -2.46. The van der Waals surface area contributed by atoms with Crippen molar-refractivity contribution in [2.45, 2.75) is 25.8 Å². The Hall–Kier alpha value is -1.53. The van der Waals surface area contributed by atoms with Crippen LogP contribution in [0, 0.1) is 11.3 Å². The van der Waals surface area contributed by atoms with E-state index in [9.17, 15) is 0 Å². The molecule has 0 saturated carbocycles. The largest absolute Gasteiger partial charge is 0.368 e. The Bertz CT molecular complexity index is 385. The molecule has 1 aliphatic rings. The van der Waals surface area contributed by atoms with Crippen LogP contribution in [0.25, 0.3) is 0 Å². The van der Waals surface area contributed by atoms with Crippen LogP contribution in [0.1, 0.15) is 25.3 Å². The monoisotopic (exact) mass is 229 g/mol. The van der Waals surface area contributed by atoms with Crippen molar-refractivity contribution in [1.82, 2.24) is 5.32 Å². The number of piperidine rings is 1. The van der Waals surface area contributed by atoms with Gasteiger partial charge in [-0.1, -0.05) is 0 Å². The van der Waals surface area contributed by atoms with Crippen LogP contribution in [-0.4, -0.2) is 25.7 Å². The second-order valence-corrected chi connectivity index (χ2v) is 4.44. The van der Waals surface area contributed by atoms with E-state index in [1.807, 2.05) is 12.1 Å². The molecule has 0 bridgehead atoms. The van der Waals surface area contributed by atoms with Gasteiger partial charge in [0.2, 0.25) is 0 Å². The second-order valence-electron chi connectivity index (χ2n) is 4.44. The first kappa shape index (κ1) is 11.9. The minimum absolute atomic E-state index is 0.585. The number of nitriles is 1. The predicted molar refractivity (Wildman–Crippen MR) is 70.1 cm³/mol. The Balaban J connectivity index is 2.13. The van der Waals surface area contributed by atoms with Crippen molar-refractivity contribution in [3.8, 4) is 6.07 Å². The van der Waals surface area contributed by atoms with Gasteiger partial charge in [0, 0.05) is 24.8 Å². The maximum Gasteiger partial charge on any atom is 0.0991 e. The van der Waals surface area contributed by atoms with Crippen molar-refractivity contribution in [2.24, 2.45) is 0 Å². The minimum Gasteiger partial charge on any atom is -0.368 e. The van der Waals surface area contributed by atoms with E-state index in [1.54, 1.807) is 0 Å². The lowest BCUT2D eigenvalue weighted by Gasteiger charge is -2.35. The summed E-state index contributed by atoms with van der Waals surface area (Å²) < 4.78 is 0. The maximum atomic E-state index is 8.80. The summed E-state index contributed by atoms with van der Waals surface area (Å²) >= 11 is 0. The summed E-state index contributed by atoms with van der Waals surface area (Å²) in [6, 6.07) is 10.6. The van der Waals surface area contributed by atoms with Gasteiger partial charge in [0.1, 0.15) is 0 Å². The molecule has 1 aliphatic heterocycles. The highest BCUT2D eigenvalue weighted by molar-refractivity contribution is 5.50. The Kier molecular flexibility index (Phi) is 4.00. The summed E-state index contributed by atoms with van der Waals surface area (Å²) in [6.45, 7) is 5.40. The molecule has 1 unspecified atom stereocenters. The lowest BCUT2D eigenvalue weighted by molar-refractivity contribution is 0.435. The summed E-state index contributed by atoms with van der Waals surface area (Å²) in [6.07, 6.45) is 2.50. The first-order valence-corrected chi connectivity index (χ1v) is 6.32. The first-order chi connectivity index (χ1) is 8.35. The number of rotatable bonds is 3. The molecule has 1 aromatic carbocycles. The van der Waals surface area contributed by atoms with E-state index in [4.69, 9.17) is 5.26 Å². The highest BCUT2D eigenvalue weighted by Gasteiger charge is 2.19. The lowest BCUT2D eigenvalue weighted by atomic mass is 10.0.